The number of fused-ring (bicyclic) bond motifs is 3. The van der Waals surface area contributed by atoms with E-state index in [0.29, 0.717) is 0 Å². The molecule has 0 aliphatic rings. The molecule has 0 aliphatic heterocycles. The Morgan fingerprint density at radius 2 is 0.820 bits per heavy atom. The molecule has 0 spiro atoms. The second-order valence-corrected chi connectivity index (χ2v) is 16.7. The van der Waals surface area contributed by atoms with Gasteiger partial charge in [-0.05, 0) is 52.3 Å². The van der Waals surface area contributed by atoms with Crippen molar-refractivity contribution in [3.8, 4) is 11.3 Å². The third-order valence-corrected chi connectivity index (χ3v) is 12.1. The fourth-order valence-corrected chi connectivity index (χ4v) is 9.34. The van der Waals surface area contributed by atoms with Crippen LogP contribution in [0.4, 0.5) is 0 Å². The van der Waals surface area contributed by atoms with E-state index in [1.165, 1.54) is 7.06 Å². The summed E-state index contributed by atoms with van der Waals surface area (Å²) in [5, 5.41) is 2.27. The molecule has 0 unspecified atom stereocenters. The van der Waals surface area contributed by atoms with Crippen molar-refractivity contribution in [2.24, 2.45) is 0 Å². The minimum absolute atomic E-state index is 0.909. The SMILES string of the molecule is Brc1ccc(-c2ccc3oc4ccccc4c3c2)nc1.[B][B]B(B([B])[B])B(B([B])[B])B(B(B(B([B])[B])B([B])[B])B(B([B])[B])B([B])[B])B(B(B([B])[B])B([B])[B])B(B([B])[B])B([B])[B]. The predicted molar refractivity (Wildman–Crippen MR) is 321 cm³/mol. The molecular formula is C17H10B41BrNO. The third-order valence-electron chi connectivity index (χ3n) is 11.6. The molecule has 43 radical (unpaired) electrons. The number of aromatic nitrogens is 1. The zero-order valence-corrected chi connectivity index (χ0v) is 35.8. The lowest BCUT2D eigenvalue weighted by Crippen LogP contribution is -2.92. The summed E-state index contributed by atoms with van der Waals surface area (Å²) in [6.07, 6.45) is -19.5. The Bertz CT molecular complexity index is 1780. The molecule has 2 aromatic carbocycles. The van der Waals surface area contributed by atoms with Crippen molar-refractivity contribution in [1.29, 1.82) is 0 Å². The number of rotatable bonds is 20. The van der Waals surface area contributed by atoms with Crippen molar-refractivity contribution in [2.45, 2.75) is 0 Å². The molecule has 0 saturated heterocycles. The fourth-order valence-electron chi connectivity index (χ4n) is 9.10. The van der Waals surface area contributed by atoms with Crippen LogP contribution >= 0.6 is 15.9 Å². The van der Waals surface area contributed by atoms with Crippen LogP contribution in [0.25, 0.3) is 33.2 Å². The van der Waals surface area contributed by atoms with Crippen LogP contribution in [0.1, 0.15) is 0 Å². The Hall–Kier alpha value is 0.532. The normalized spacial score (nSPS) is 10.1. The standard InChI is InChI=1S/C17H10BrNO.B41/c18-12-6-7-15(19-10-12)11-5-8-17-14(9-11)13-3-1-2-4-16(13)20-17;1-22-33(23(2)3)38(32(20)21)41(39(34(24(4)5)25(6)7)35(26(8)9)27(10)11)40(36(28(12)13)29(14)15)37(30(16)17)31(18)19/h1-10H;. The minimum Gasteiger partial charge on any atom is -0.456 e. The fraction of sp³-hybridized carbons (Fsp3) is 0. The Kier molecular flexibility index (Phi) is 23.4. The summed E-state index contributed by atoms with van der Waals surface area (Å²) >= 11 is 3.41. The van der Waals surface area contributed by atoms with Crippen LogP contribution in [0.3, 0.4) is 0 Å². The molecule has 0 aliphatic carbocycles. The van der Waals surface area contributed by atoms with Crippen molar-refractivity contribution in [2.75, 3.05) is 0 Å². The summed E-state index contributed by atoms with van der Waals surface area (Å²) in [5.74, 6) is 0. The minimum atomic E-state index is -1.23. The molecule has 4 rings (SSSR count). The van der Waals surface area contributed by atoms with Crippen LogP contribution in [0.15, 0.2) is 69.7 Å². The Balaban J connectivity index is 0.000000403. The van der Waals surface area contributed by atoms with Gasteiger partial charge in [0.1, 0.15) is 11.2 Å². The topological polar surface area (TPSA) is 26.0 Å². The van der Waals surface area contributed by atoms with Crippen molar-refractivity contribution in [3.63, 3.8) is 0 Å². The van der Waals surface area contributed by atoms with Crippen LogP contribution in [-0.2, 0) is 0 Å². The first-order chi connectivity index (χ1) is 28.5. The third kappa shape index (κ3) is 14.3. The lowest BCUT2D eigenvalue weighted by Gasteiger charge is -2.54. The van der Waals surface area contributed by atoms with E-state index in [9.17, 15) is 0 Å². The van der Waals surface area contributed by atoms with Gasteiger partial charge in [0, 0.05) is 318 Å². The van der Waals surface area contributed by atoms with Gasteiger partial charge in [0.05, 0.1) is 5.69 Å². The molecule has 4 aromatic rings. The van der Waals surface area contributed by atoms with Gasteiger partial charge >= 0.3 is 0 Å². The first-order valence-electron chi connectivity index (χ1n) is 19.7. The number of hydrogen-bond acceptors (Lipinski definition) is 2. The summed E-state index contributed by atoms with van der Waals surface area (Å²) in [5.41, 5.74) is 3.88. The number of benzene rings is 2. The second-order valence-electron chi connectivity index (χ2n) is 15.8. The van der Waals surface area contributed by atoms with Crippen molar-refractivity contribution < 1.29 is 4.42 Å². The Morgan fingerprint density at radius 1 is 0.426 bits per heavy atom. The van der Waals surface area contributed by atoms with E-state index >= 15 is 0 Å². The number of para-hydroxylation sites is 1. The molecular weight excluding hydrogens is 757 g/mol. The number of hydrogen-bond donors (Lipinski definition) is 0. The van der Waals surface area contributed by atoms with Crippen molar-refractivity contribution in [1.82, 2.24) is 4.98 Å². The number of halogens is 1. The summed E-state index contributed by atoms with van der Waals surface area (Å²) in [7, 11) is 133. The Labute approximate surface area is 411 Å². The van der Waals surface area contributed by atoms with E-state index in [1.807, 2.05) is 48.7 Å². The van der Waals surface area contributed by atoms with Crippen LogP contribution < -0.4 is 0 Å². The van der Waals surface area contributed by atoms with Gasteiger partial charge in [-0.15, -0.1) is 0 Å². The maximum Gasteiger partial charge on any atom is 0.135 e. The Morgan fingerprint density at radius 3 is 1.18 bits per heavy atom. The molecule has 44 heteroatoms. The van der Waals surface area contributed by atoms with Crippen LogP contribution in [0.5, 0.6) is 0 Å². The average molecular weight is 767 g/mol. The highest BCUT2D eigenvalue weighted by Crippen LogP contribution is 2.32. The summed E-state index contributed by atoms with van der Waals surface area (Å²) < 4.78 is 6.82. The lowest BCUT2D eigenvalue weighted by molar-refractivity contribution is 0.669. The second kappa shape index (κ2) is 25.6. The highest BCUT2D eigenvalue weighted by molar-refractivity contribution is 9.10. The molecule has 2 nitrogen and oxygen atoms in total. The predicted octanol–water partition coefficient (Wildman–Crippen LogP) is -10.2. The average Bonchev–Trinajstić information content (AvgIpc) is 3.51. The van der Waals surface area contributed by atoms with E-state index in [4.69, 9.17) is 167 Å². The molecule has 0 fully saturated rings. The molecule has 0 saturated carbocycles. The number of pyridine rings is 1. The molecule has 0 atom stereocenters. The van der Waals surface area contributed by atoms with Gasteiger partial charge in [0.25, 0.3) is 0 Å². The maximum absolute atomic E-state index is 6.43. The van der Waals surface area contributed by atoms with E-state index in [2.05, 4.69) is 33.0 Å². The summed E-state index contributed by atoms with van der Waals surface area (Å²) in [6, 6.07) is 18.3. The quantitative estimate of drug-likeness (QED) is 0.0837. The van der Waals surface area contributed by atoms with Crippen LogP contribution in [0, 0.1) is 0 Å². The van der Waals surface area contributed by atoms with Crippen molar-refractivity contribution >= 4 is 329 Å². The monoisotopic (exact) mass is 774 g/mol. The smallest absolute Gasteiger partial charge is 0.135 e. The van der Waals surface area contributed by atoms with Gasteiger partial charge in [0.2, 0.25) is 0 Å². The van der Waals surface area contributed by atoms with Gasteiger partial charge in [-0.1, -0.05) is 18.2 Å². The lowest BCUT2D eigenvalue weighted by atomic mass is 8.27. The largest absolute Gasteiger partial charge is 0.456 e. The van der Waals surface area contributed by atoms with E-state index in [-0.39, 0.29) is 0 Å². The molecule has 61 heavy (non-hydrogen) atoms. The zero-order valence-electron chi connectivity index (χ0n) is 34.2. The molecule has 2 heterocycles. The van der Waals surface area contributed by atoms with Gasteiger partial charge in [-0.3, -0.25) is 4.98 Å². The van der Waals surface area contributed by atoms with Gasteiger partial charge < -0.3 is 4.42 Å². The number of furan rings is 1. The van der Waals surface area contributed by atoms with E-state index < -0.39 is 121 Å². The summed E-state index contributed by atoms with van der Waals surface area (Å²) in [6.45, 7) is 0. The molecule has 0 N–H and O–H groups in total. The summed E-state index contributed by atoms with van der Waals surface area (Å²) in [4.78, 5) is 4.44. The molecule has 0 amide bonds. The molecule has 0 bridgehead atoms. The van der Waals surface area contributed by atoms with Gasteiger partial charge in [-0.25, -0.2) is 0 Å². The van der Waals surface area contributed by atoms with Crippen LogP contribution in [0.2, 0.25) is 0 Å². The van der Waals surface area contributed by atoms with Crippen LogP contribution in [-0.4, -0.2) is 296 Å². The van der Waals surface area contributed by atoms with Crippen molar-refractivity contribution in [3.05, 3.63) is 65.3 Å². The van der Waals surface area contributed by atoms with E-state index in [1.54, 1.807) is 0 Å². The number of nitrogens with zero attached hydrogens (tertiary/aromatic N) is 1. The molecule has 2 aromatic heterocycles. The molecule has 219 valence electrons. The zero-order chi connectivity index (χ0) is 46.2. The van der Waals surface area contributed by atoms with Gasteiger partial charge in [0.15, 0.2) is 0 Å². The first-order valence-corrected chi connectivity index (χ1v) is 20.5. The first kappa shape index (κ1) is 55.9. The highest BCUT2D eigenvalue weighted by Gasteiger charge is 2.57. The van der Waals surface area contributed by atoms with Gasteiger partial charge in [-0.2, -0.15) is 0 Å². The maximum atomic E-state index is 6.43. The highest BCUT2D eigenvalue weighted by atomic mass is 79.9. The van der Waals surface area contributed by atoms with E-state index in [0.717, 1.165) is 37.7 Å².